The third-order valence-corrected chi connectivity index (χ3v) is 5.87. The molecule has 3 rings (SSSR count). The molecule has 0 aromatic heterocycles. The Kier molecular flexibility index (Phi) is 3.11. The topological polar surface area (TPSA) is 63.4 Å². The van der Waals surface area contributed by atoms with E-state index in [2.05, 4.69) is 0 Å². The van der Waals surface area contributed by atoms with E-state index in [1.54, 1.807) is 0 Å². The number of hydrogen-bond donors (Lipinski definition) is 1. The van der Waals surface area contributed by atoms with Crippen LogP contribution in [0.25, 0.3) is 0 Å². The minimum absolute atomic E-state index is 0.0103. The first-order valence-electron chi connectivity index (χ1n) is 6.50. The molecule has 2 fully saturated rings. The molecular weight excluding hydrogens is 267 g/mol. The van der Waals surface area contributed by atoms with Crippen LogP contribution in [0.15, 0.2) is 29.2 Å². The van der Waals surface area contributed by atoms with Crippen LogP contribution in [0.4, 0.5) is 4.39 Å². The van der Waals surface area contributed by atoms with Crippen LogP contribution in [0.1, 0.15) is 12.8 Å². The molecule has 4 nitrogen and oxygen atoms in total. The van der Waals surface area contributed by atoms with E-state index in [4.69, 9.17) is 5.73 Å². The van der Waals surface area contributed by atoms with Crippen LogP contribution >= 0.6 is 0 Å². The largest absolute Gasteiger partial charge is 0.326 e. The van der Waals surface area contributed by atoms with E-state index in [9.17, 15) is 12.8 Å². The van der Waals surface area contributed by atoms with Gasteiger partial charge in [0.1, 0.15) is 5.82 Å². The lowest BCUT2D eigenvalue weighted by molar-refractivity contribution is 0.427. The summed E-state index contributed by atoms with van der Waals surface area (Å²) in [6, 6.07) is 5.04. The summed E-state index contributed by atoms with van der Waals surface area (Å²) in [6.07, 6.45) is 2.29. The lowest BCUT2D eigenvalue weighted by atomic mass is 9.99. The summed E-state index contributed by atoms with van der Waals surface area (Å²) in [5, 5.41) is 0. The maximum Gasteiger partial charge on any atom is 0.243 e. The fraction of sp³-hybridized carbons (Fsp3) is 0.538. The molecule has 0 spiro atoms. The van der Waals surface area contributed by atoms with E-state index in [0.29, 0.717) is 19.0 Å². The van der Waals surface area contributed by atoms with Crippen LogP contribution in [-0.2, 0) is 10.0 Å². The summed E-state index contributed by atoms with van der Waals surface area (Å²) in [7, 11) is -3.62. The third-order valence-electron chi connectivity index (χ3n) is 4.04. The number of hydrogen-bond acceptors (Lipinski definition) is 3. The summed E-state index contributed by atoms with van der Waals surface area (Å²) in [5.74, 6) is 0.286. The molecule has 0 radical (unpaired) electrons. The number of halogens is 1. The second-order valence-corrected chi connectivity index (χ2v) is 7.38. The molecule has 1 saturated heterocycles. The highest BCUT2D eigenvalue weighted by Gasteiger charge is 2.44. The Hall–Kier alpha value is -0.980. The van der Waals surface area contributed by atoms with Crippen molar-refractivity contribution in [3.05, 3.63) is 30.1 Å². The van der Waals surface area contributed by atoms with Crippen molar-refractivity contribution in [2.45, 2.75) is 23.8 Å². The Labute approximate surface area is 112 Å². The fourth-order valence-corrected chi connectivity index (χ4v) is 4.36. The molecule has 19 heavy (non-hydrogen) atoms. The average Bonchev–Trinajstić information content (AvgIpc) is 3.12. The zero-order valence-corrected chi connectivity index (χ0v) is 11.3. The van der Waals surface area contributed by atoms with E-state index in [0.717, 1.165) is 18.9 Å². The maximum atomic E-state index is 13.2. The summed E-state index contributed by atoms with van der Waals surface area (Å²) in [4.78, 5) is 0.0103. The highest BCUT2D eigenvalue weighted by molar-refractivity contribution is 7.89. The summed E-state index contributed by atoms with van der Waals surface area (Å²) in [5.41, 5.74) is 6.03. The molecule has 2 atom stereocenters. The molecule has 0 unspecified atom stereocenters. The predicted molar refractivity (Wildman–Crippen MR) is 69.3 cm³/mol. The quantitative estimate of drug-likeness (QED) is 0.906. The second-order valence-electron chi connectivity index (χ2n) is 5.44. The van der Waals surface area contributed by atoms with Gasteiger partial charge in [0.15, 0.2) is 0 Å². The van der Waals surface area contributed by atoms with Gasteiger partial charge in [-0.05, 0) is 42.9 Å². The SMILES string of the molecule is N[C@@H]1CN(S(=O)(=O)c2cccc(F)c2)C[C@H]1C1CC1. The van der Waals surface area contributed by atoms with Gasteiger partial charge in [-0.15, -0.1) is 0 Å². The smallest absolute Gasteiger partial charge is 0.243 e. The molecule has 1 aliphatic carbocycles. The number of nitrogens with two attached hydrogens (primary N) is 1. The van der Waals surface area contributed by atoms with Gasteiger partial charge in [0.25, 0.3) is 0 Å². The third kappa shape index (κ3) is 2.40. The number of benzene rings is 1. The van der Waals surface area contributed by atoms with E-state index in [1.807, 2.05) is 0 Å². The summed E-state index contributed by atoms with van der Waals surface area (Å²) < 4.78 is 39.4. The van der Waals surface area contributed by atoms with Crippen molar-refractivity contribution in [2.24, 2.45) is 17.6 Å². The van der Waals surface area contributed by atoms with Gasteiger partial charge < -0.3 is 5.73 Å². The maximum absolute atomic E-state index is 13.2. The van der Waals surface area contributed by atoms with Crippen LogP contribution in [-0.4, -0.2) is 31.9 Å². The van der Waals surface area contributed by atoms with Crippen LogP contribution < -0.4 is 5.73 Å². The van der Waals surface area contributed by atoms with Crippen molar-refractivity contribution in [2.75, 3.05) is 13.1 Å². The Morgan fingerprint density at radius 2 is 2.00 bits per heavy atom. The first-order valence-corrected chi connectivity index (χ1v) is 7.94. The normalized spacial score (nSPS) is 28.7. The molecule has 1 aliphatic heterocycles. The van der Waals surface area contributed by atoms with Crippen molar-refractivity contribution in [1.29, 1.82) is 0 Å². The van der Waals surface area contributed by atoms with Crippen molar-refractivity contribution in [1.82, 2.24) is 4.31 Å². The van der Waals surface area contributed by atoms with E-state index in [-0.39, 0.29) is 16.9 Å². The van der Waals surface area contributed by atoms with E-state index < -0.39 is 15.8 Å². The molecule has 2 aliphatic rings. The number of nitrogens with zero attached hydrogens (tertiary/aromatic N) is 1. The first kappa shape index (κ1) is 13.0. The van der Waals surface area contributed by atoms with Crippen LogP contribution in [0, 0.1) is 17.7 Å². The lowest BCUT2D eigenvalue weighted by Crippen LogP contribution is -2.32. The van der Waals surface area contributed by atoms with Crippen LogP contribution in [0.5, 0.6) is 0 Å². The van der Waals surface area contributed by atoms with Gasteiger partial charge in [-0.1, -0.05) is 6.07 Å². The van der Waals surface area contributed by atoms with Crippen molar-refractivity contribution >= 4 is 10.0 Å². The van der Waals surface area contributed by atoms with Crippen molar-refractivity contribution in [3.8, 4) is 0 Å². The van der Waals surface area contributed by atoms with Gasteiger partial charge in [0.2, 0.25) is 10.0 Å². The van der Waals surface area contributed by atoms with E-state index >= 15 is 0 Å². The highest BCUT2D eigenvalue weighted by Crippen LogP contribution is 2.41. The highest BCUT2D eigenvalue weighted by atomic mass is 32.2. The van der Waals surface area contributed by atoms with Gasteiger partial charge in [-0.25, -0.2) is 12.8 Å². The molecule has 0 amide bonds. The second kappa shape index (κ2) is 4.54. The monoisotopic (exact) mass is 284 g/mol. The fourth-order valence-electron chi connectivity index (χ4n) is 2.81. The molecule has 1 aromatic carbocycles. The van der Waals surface area contributed by atoms with Crippen LogP contribution in [0.3, 0.4) is 0 Å². The molecule has 1 saturated carbocycles. The van der Waals surface area contributed by atoms with Gasteiger partial charge in [-0.2, -0.15) is 4.31 Å². The number of sulfonamides is 1. The van der Waals surface area contributed by atoms with E-state index in [1.165, 1.54) is 22.5 Å². The summed E-state index contributed by atoms with van der Waals surface area (Å²) in [6.45, 7) is 0.796. The van der Waals surface area contributed by atoms with Crippen LogP contribution in [0.2, 0.25) is 0 Å². The Morgan fingerprint density at radius 3 is 2.63 bits per heavy atom. The van der Waals surface area contributed by atoms with Crippen molar-refractivity contribution in [3.63, 3.8) is 0 Å². The van der Waals surface area contributed by atoms with Gasteiger partial charge in [0, 0.05) is 19.1 Å². The van der Waals surface area contributed by atoms with Crippen molar-refractivity contribution < 1.29 is 12.8 Å². The first-order chi connectivity index (χ1) is 8.98. The van der Waals surface area contributed by atoms with Gasteiger partial charge >= 0.3 is 0 Å². The molecular formula is C13H17FN2O2S. The molecule has 1 aromatic rings. The lowest BCUT2D eigenvalue weighted by Gasteiger charge is -2.16. The van der Waals surface area contributed by atoms with Gasteiger partial charge in [0.05, 0.1) is 4.90 Å². The minimum atomic E-state index is -3.62. The molecule has 1 heterocycles. The zero-order valence-electron chi connectivity index (χ0n) is 10.5. The molecule has 104 valence electrons. The Bertz CT molecular complexity index is 586. The standard InChI is InChI=1S/C13H17FN2O2S/c14-10-2-1-3-11(6-10)19(17,18)16-7-12(9-4-5-9)13(15)8-16/h1-3,6,9,12-13H,4-5,7-8,15H2/t12-,13+/m0/s1. The molecule has 0 bridgehead atoms. The Balaban J connectivity index is 1.85. The average molecular weight is 284 g/mol. The number of rotatable bonds is 3. The van der Waals surface area contributed by atoms with Gasteiger partial charge in [-0.3, -0.25) is 0 Å². The zero-order chi connectivity index (χ0) is 13.6. The Morgan fingerprint density at radius 1 is 1.26 bits per heavy atom. The minimum Gasteiger partial charge on any atom is -0.326 e. The summed E-state index contributed by atoms with van der Waals surface area (Å²) >= 11 is 0. The molecule has 6 heteroatoms. The molecule has 2 N–H and O–H groups in total. The predicted octanol–water partition coefficient (Wildman–Crippen LogP) is 1.18.